The van der Waals surface area contributed by atoms with Gasteiger partial charge in [-0.2, -0.15) is 4.31 Å². The Kier molecular flexibility index (Phi) is 7.11. The molecule has 28 heavy (non-hydrogen) atoms. The molecule has 1 aromatic carbocycles. The summed E-state index contributed by atoms with van der Waals surface area (Å²) in [4.78, 5) is 4.92. The molecule has 1 aromatic heterocycles. The number of furan rings is 1. The molecular weight excluding hydrogens is 376 g/mol. The van der Waals surface area contributed by atoms with Gasteiger partial charge in [0.1, 0.15) is 5.76 Å². The van der Waals surface area contributed by atoms with Gasteiger partial charge in [-0.25, -0.2) is 13.4 Å². The molecule has 2 N–H and O–H groups in total. The number of nitrogens with one attached hydrogen (secondary N) is 2. The van der Waals surface area contributed by atoms with Gasteiger partial charge >= 0.3 is 0 Å². The van der Waals surface area contributed by atoms with Gasteiger partial charge in [-0.05, 0) is 43.5 Å². The molecule has 0 radical (unpaired) electrons. The van der Waals surface area contributed by atoms with Gasteiger partial charge in [0.25, 0.3) is 0 Å². The Morgan fingerprint density at radius 3 is 2.61 bits per heavy atom. The van der Waals surface area contributed by atoms with Gasteiger partial charge < -0.3 is 15.1 Å². The third-order valence-corrected chi connectivity index (χ3v) is 6.67. The lowest BCUT2D eigenvalue weighted by atomic mass is 10.2. The van der Waals surface area contributed by atoms with Crippen LogP contribution in [0.3, 0.4) is 0 Å². The van der Waals surface area contributed by atoms with E-state index in [2.05, 4.69) is 15.6 Å². The van der Waals surface area contributed by atoms with E-state index in [0.717, 1.165) is 25.0 Å². The Morgan fingerprint density at radius 2 is 1.89 bits per heavy atom. The number of aliphatic imine (C=N–C) groups is 1. The second-order valence-electron chi connectivity index (χ2n) is 6.70. The zero-order valence-corrected chi connectivity index (χ0v) is 17.0. The van der Waals surface area contributed by atoms with Crippen molar-refractivity contribution in [1.82, 2.24) is 14.9 Å². The molecule has 2 heterocycles. The van der Waals surface area contributed by atoms with Crippen LogP contribution in [0.2, 0.25) is 0 Å². The number of nitrogens with zero attached hydrogens (tertiary/aromatic N) is 2. The van der Waals surface area contributed by atoms with Gasteiger partial charge in [0.15, 0.2) is 5.96 Å². The van der Waals surface area contributed by atoms with Crippen LogP contribution in [0.15, 0.2) is 57.0 Å². The lowest BCUT2D eigenvalue weighted by Gasteiger charge is -2.26. The molecule has 8 heteroatoms. The number of guanidine groups is 1. The van der Waals surface area contributed by atoms with Gasteiger partial charge in [0.05, 0.1) is 24.2 Å². The molecule has 2 aromatic rings. The fourth-order valence-corrected chi connectivity index (χ4v) is 4.95. The summed E-state index contributed by atoms with van der Waals surface area (Å²) in [6.45, 7) is 4.65. The number of rotatable bonds is 7. The van der Waals surface area contributed by atoms with E-state index in [1.54, 1.807) is 22.7 Å². The lowest BCUT2D eigenvalue weighted by Crippen LogP contribution is -2.37. The van der Waals surface area contributed by atoms with E-state index in [0.29, 0.717) is 42.6 Å². The first-order chi connectivity index (χ1) is 13.6. The average Bonchev–Trinajstić information content (AvgIpc) is 3.24. The van der Waals surface area contributed by atoms with Crippen molar-refractivity contribution in [2.75, 3.05) is 19.6 Å². The van der Waals surface area contributed by atoms with Crippen LogP contribution in [0.25, 0.3) is 0 Å². The Hall–Kier alpha value is -2.32. The molecule has 0 unspecified atom stereocenters. The summed E-state index contributed by atoms with van der Waals surface area (Å²) < 4.78 is 33.1. The maximum atomic E-state index is 13.1. The van der Waals surface area contributed by atoms with E-state index in [9.17, 15) is 8.42 Å². The van der Waals surface area contributed by atoms with E-state index in [1.165, 1.54) is 0 Å². The molecule has 0 saturated carbocycles. The molecule has 1 aliphatic heterocycles. The van der Waals surface area contributed by atoms with Gasteiger partial charge in [0, 0.05) is 19.6 Å². The van der Waals surface area contributed by atoms with E-state index in [-0.39, 0.29) is 6.54 Å². The predicted octanol–water partition coefficient (Wildman–Crippen LogP) is 2.71. The third kappa shape index (κ3) is 5.14. The first kappa shape index (κ1) is 20.4. The molecule has 0 amide bonds. The van der Waals surface area contributed by atoms with Crippen molar-refractivity contribution in [2.45, 2.75) is 44.2 Å². The molecule has 1 fully saturated rings. The van der Waals surface area contributed by atoms with Crippen molar-refractivity contribution in [1.29, 1.82) is 0 Å². The van der Waals surface area contributed by atoms with Gasteiger partial charge in [-0.15, -0.1) is 0 Å². The SMILES string of the molecule is CCNC(=NCc1ccccc1S(=O)(=O)N1CCCCC1)NCc1ccco1. The van der Waals surface area contributed by atoms with Gasteiger partial charge in [-0.3, -0.25) is 0 Å². The molecule has 0 atom stereocenters. The largest absolute Gasteiger partial charge is 0.467 e. The van der Waals surface area contributed by atoms with E-state index >= 15 is 0 Å². The summed E-state index contributed by atoms with van der Waals surface area (Å²) in [7, 11) is -3.49. The van der Waals surface area contributed by atoms with Crippen LogP contribution < -0.4 is 10.6 Å². The number of benzene rings is 1. The van der Waals surface area contributed by atoms with Crippen molar-refractivity contribution in [3.8, 4) is 0 Å². The Labute approximate surface area is 166 Å². The van der Waals surface area contributed by atoms with Crippen molar-refractivity contribution < 1.29 is 12.8 Å². The van der Waals surface area contributed by atoms with Crippen molar-refractivity contribution in [3.63, 3.8) is 0 Å². The molecule has 1 aliphatic rings. The molecular formula is C20H28N4O3S. The maximum Gasteiger partial charge on any atom is 0.243 e. The highest BCUT2D eigenvalue weighted by Gasteiger charge is 2.27. The second-order valence-corrected chi connectivity index (χ2v) is 8.61. The summed E-state index contributed by atoms with van der Waals surface area (Å²) in [6.07, 6.45) is 4.55. The maximum absolute atomic E-state index is 13.1. The third-order valence-electron chi connectivity index (χ3n) is 4.67. The van der Waals surface area contributed by atoms with Crippen LogP contribution in [0, 0.1) is 0 Å². The topological polar surface area (TPSA) is 86.9 Å². The number of hydrogen-bond donors (Lipinski definition) is 2. The summed E-state index contributed by atoms with van der Waals surface area (Å²) >= 11 is 0. The van der Waals surface area contributed by atoms with Gasteiger partial charge in [-0.1, -0.05) is 24.6 Å². The monoisotopic (exact) mass is 404 g/mol. The molecule has 1 saturated heterocycles. The quantitative estimate of drug-likeness (QED) is 0.547. The van der Waals surface area contributed by atoms with Crippen LogP contribution in [0.5, 0.6) is 0 Å². The summed E-state index contributed by atoms with van der Waals surface area (Å²) in [5.41, 5.74) is 0.697. The van der Waals surface area contributed by atoms with Crippen LogP contribution in [0.4, 0.5) is 0 Å². The minimum absolute atomic E-state index is 0.275. The van der Waals surface area contributed by atoms with Crippen LogP contribution >= 0.6 is 0 Å². The van der Waals surface area contributed by atoms with E-state index < -0.39 is 10.0 Å². The lowest BCUT2D eigenvalue weighted by molar-refractivity contribution is 0.346. The summed E-state index contributed by atoms with van der Waals surface area (Å²) in [5, 5.41) is 6.37. The first-order valence-corrected chi connectivity index (χ1v) is 11.2. The first-order valence-electron chi connectivity index (χ1n) is 9.74. The minimum Gasteiger partial charge on any atom is -0.467 e. The highest BCUT2D eigenvalue weighted by Crippen LogP contribution is 2.24. The molecule has 7 nitrogen and oxygen atoms in total. The number of sulfonamides is 1. The van der Waals surface area contributed by atoms with E-state index in [1.807, 2.05) is 31.2 Å². The van der Waals surface area contributed by atoms with Crippen LogP contribution in [0.1, 0.15) is 37.5 Å². The number of hydrogen-bond acceptors (Lipinski definition) is 4. The Morgan fingerprint density at radius 1 is 1.11 bits per heavy atom. The van der Waals surface area contributed by atoms with Crippen LogP contribution in [-0.4, -0.2) is 38.3 Å². The summed E-state index contributed by atoms with van der Waals surface area (Å²) in [6, 6.07) is 10.8. The molecule has 0 bridgehead atoms. The highest BCUT2D eigenvalue weighted by molar-refractivity contribution is 7.89. The predicted molar refractivity (Wildman–Crippen MR) is 109 cm³/mol. The molecule has 0 aliphatic carbocycles. The van der Waals surface area contributed by atoms with Crippen molar-refractivity contribution >= 4 is 16.0 Å². The normalized spacial score (nSPS) is 16.1. The fraction of sp³-hybridized carbons (Fsp3) is 0.450. The molecule has 0 spiro atoms. The van der Waals surface area contributed by atoms with Crippen molar-refractivity contribution in [3.05, 3.63) is 54.0 Å². The fourth-order valence-electron chi connectivity index (χ4n) is 3.22. The number of piperidine rings is 1. The Balaban J connectivity index is 1.76. The average molecular weight is 405 g/mol. The Bertz CT molecular complexity index is 873. The zero-order chi connectivity index (χ0) is 19.8. The van der Waals surface area contributed by atoms with E-state index in [4.69, 9.17) is 4.42 Å². The second kappa shape index (κ2) is 9.75. The molecule has 152 valence electrons. The standard InChI is InChI=1S/C20H28N4O3S/c1-2-21-20(23-16-18-10-8-14-27-18)22-15-17-9-4-5-11-19(17)28(25,26)24-12-6-3-7-13-24/h4-5,8-11,14H,2-3,6-7,12-13,15-16H2,1H3,(H2,21,22,23). The van der Waals surface area contributed by atoms with Crippen molar-refractivity contribution in [2.24, 2.45) is 4.99 Å². The van der Waals surface area contributed by atoms with Gasteiger partial charge in [0.2, 0.25) is 10.0 Å². The summed E-state index contributed by atoms with van der Waals surface area (Å²) in [5.74, 6) is 1.42. The molecule has 3 rings (SSSR count). The zero-order valence-electron chi connectivity index (χ0n) is 16.2. The van der Waals surface area contributed by atoms with Crippen LogP contribution in [-0.2, 0) is 23.1 Å². The minimum atomic E-state index is -3.49. The highest BCUT2D eigenvalue weighted by atomic mass is 32.2. The smallest absolute Gasteiger partial charge is 0.243 e.